The number of pyridine rings is 2. The Morgan fingerprint density at radius 3 is 2.47 bits per heavy atom. The molecular weight excluding hydrogens is 448 g/mol. The van der Waals surface area contributed by atoms with Gasteiger partial charge in [0.15, 0.2) is 0 Å². The summed E-state index contributed by atoms with van der Waals surface area (Å²) in [5.74, 6) is -0.408. The number of anilines is 3. The van der Waals surface area contributed by atoms with E-state index in [1.807, 2.05) is 42.5 Å². The van der Waals surface area contributed by atoms with Gasteiger partial charge in [-0.15, -0.1) is 11.8 Å². The Morgan fingerprint density at radius 2 is 1.76 bits per heavy atom. The fourth-order valence-corrected chi connectivity index (χ4v) is 4.38. The van der Waals surface area contributed by atoms with Gasteiger partial charge < -0.3 is 15.7 Å². The van der Waals surface area contributed by atoms with Gasteiger partial charge in [0, 0.05) is 45.7 Å². The summed E-state index contributed by atoms with van der Waals surface area (Å²) in [6, 6.07) is 23.8. The van der Waals surface area contributed by atoms with Gasteiger partial charge in [-0.1, -0.05) is 18.2 Å². The minimum Gasteiger partial charge on any atom is -0.481 e. The summed E-state index contributed by atoms with van der Waals surface area (Å²) >= 11 is 1.45. The normalized spacial score (nSPS) is 11.4. The number of carboxylic acid groups (broad SMARTS) is 1. The maximum absolute atomic E-state index is 12.8. The topological polar surface area (TPSA) is 104 Å². The van der Waals surface area contributed by atoms with Gasteiger partial charge in [0.25, 0.3) is 5.91 Å². The van der Waals surface area contributed by atoms with Gasteiger partial charge in [0.2, 0.25) is 0 Å². The maximum Gasteiger partial charge on any atom is 0.304 e. The quantitative estimate of drug-likeness (QED) is 0.266. The van der Waals surface area contributed by atoms with Gasteiger partial charge in [0.05, 0.1) is 6.42 Å². The van der Waals surface area contributed by atoms with Crippen LogP contribution in [0.5, 0.6) is 0 Å². The molecule has 34 heavy (non-hydrogen) atoms. The van der Waals surface area contributed by atoms with E-state index in [0.29, 0.717) is 17.1 Å². The molecule has 0 aliphatic heterocycles. The molecule has 0 saturated carbocycles. The summed E-state index contributed by atoms with van der Waals surface area (Å²) in [4.78, 5) is 33.3. The first-order valence-electron chi connectivity index (χ1n) is 10.5. The van der Waals surface area contributed by atoms with Gasteiger partial charge in [-0.3, -0.25) is 14.6 Å². The van der Waals surface area contributed by atoms with Crippen LogP contribution >= 0.6 is 11.8 Å². The molecule has 0 saturated heterocycles. The summed E-state index contributed by atoms with van der Waals surface area (Å²) in [5.41, 5.74) is 2.77. The summed E-state index contributed by atoms with van der Waals surface area (Å²) in [6.45, 7) is 0. The summed E-state index contributed by atoms with van der Waals surface area (Å²) < 4.78 is 0. The highest BCUT2D eigenvalue weighted by Crippen LogP contribution is 2.37. The lowest BCUT2D eigenvalue weighted by Crippen LogP contribution is -2.12. The molecule has 3 N–H and O–H groups in total. The minimum atomic E-state index is -0.870. The summed E-state index contributed by atoms with van der Waals surface area (Å²) in [6.07, 6.45) is 5.03. The third kappa shape index (κ3) is 6.43. The Morgan fingerprint density at radius 1 is 0.912 bits per heavy atom. The lowest BCUT2D eigenvalue weighted by atomic mass is 10.1. The van der Waals surface area contributed by atoms with Crippen LogP contribution in [-0.4, -0.2) is 27.0 Å². The van der Waals surface area contributed by atoms with Gasteiger partial charge in [-0.05, 0) is 66.2 Å². The van der Waals surface area contributed by atoms with Gasteiger partial charge in [0.1, 0.15) is 5.82 Å². The van der Waals surface area contributed by atoms with E-state index in [4.69, 9.17) is 0 Å². The summed E-state index contributed by atoms with van der Waals surface area (Å²) in [7, 11) is 0. The second kappa shape index (κ2) is 11.1. The van der Waals surface area contributed by atoms with E-state index in [-0.39, 0.29) is 17.6 Å². The summed E-state index contributed by atoms with van der Waals surface area (Å²) in [5, 5.41) is 15.1. The number of aromatic nitrogens is 2. The molecule has 2 heterocycles. The van der Waals surface area contributed by atoms with E-state index in [9.17, 15) is 14.7 Å². The first-order valence-corrected chi connectivity index (χ1v) is 11.4. The van der Waals surface area contributed by atoms with Crippen molar-refractivity contribution < 1.29 is 14.7 Å². The van der Waals surface area contributed by atoms with Crippen LogP contribution in [0.4, 0.5) is 17.2 Å². The zero-order valence-electron chi connectivity index (χ0n) is 18.1. The highest BCUT2D eigenvalue weighted by molar-refractivity contribution is 7.99. The Kier molecular flexibility index (Phi) is 7.52. The number of rotatable bonds is 9. The Bertz CT molecular complexity index is 1250. The molecule has 0 radical (unpaired) electrons. The maximum atomic E-state index is 12.8. The van der Waals surface area contributed by atoms with Crippen LogP contribution in [0.1, 0.15) is 27.6 Å². The predicted octanol–water partition coefficient (Wildman–Crippen LogP) is 5.78. The fourth-order valence-electron chi connectivity index (χ4n) is 3.26. The molecule has 8 heteroatoms. The zero-order valence-corrected chi connectivity index (χ0v) is 18.9. The van der Waals surface area contributed by atoms with Gasteiger partial charge >= 0.3 is 5.97 Å². The van der Waals surface area contributed by atoms with Crippen LogP contribution in [-0.2, 0) is 4.79 Å². The van der Waals surface area contributed by atoms with Crippen molar-refractivity contribution in [3.63, 3.8) is 0 Å². The highest BCUT2D eigenvalue weighted by Gasteiger charge is 2.17. The number of hydrogen-bond donors (Lipinski definition) is 3. The first-order chi connectivity index (χ1) is 16.6. The van der Waals surface area contributed by atoms with E-state index in [2.05, 4.69) is 20.6 Å². The molecule has 0 aliphatic rings. The third-order valence-electron chi connectivity index (χ3n) is 4.87. The largest absolute Gasteiger partial charge is 0.481 e. The van der Waals surface area contributed by atoms with Crippen LogP contribution in [0.15, 0.2) is 102 Å². The van der Waals surface area contributed by atoms with E-state index in [1.54, 1.807) is 55.0 Å². The van der Waals surface area contributed by atoms with Gasteiger partial charge in [-0.25, -0.2) is 4.98 Å². The van der Waals surface area contributed by atoms with Crippen molar-refractivity contribution >= 4 is 40.8 Å². The molecule has 4 aromatic rings. The number of aliphatic carboxylic acids is 1. The number of nitrogens with zero attached hydrogens (tertiary/aromatic N) is 2. The lowest BCUT2D eigenvalue weighted by molar-refractivity contribution is -0.137. The van der Waals surface area contributed by atoms with Crippen molar-refractivity contribution in [3.8, 4) is 0 Å². The Labute approximate surface area is 201 Å². The van der Waals surface area contributed by atoms with Crippen molar-refractivity contribution in [2.45, 2.75) is 16.6 Å². The third-order valence-corrected chi connectivity index (χ3v) is 6.14. The Balaban J connectivity index is 1.41. The van der Waals surface area contributed by atoms with Crippen molar-refractivity contribution in [1.29, 1.82) is 0 Å². The smallest absolute Gasteiger partial charge is 0.304 e. The van der Waals surface area contributed by atoms with E-state index in [0.717, 1.165) is 16.1 Å². The molecular formula is C26H22N4O3S. The average Bonchev–Trinajstić information content (AvgIpc) is 2.86. The number of amides is 1. The second-order valence-corrected chi connectivity index (χ2v) is 8.67. The molecule has 0 bridgehead atoms. The fraction of sp³-hybridized carbons (Fsp3) is 0.0769. The van der Waals surface area contributed by atoms with Gasteiger partial charge in [-0.2, -0.15) is 0 Å². The number of benzene rings is 2. The van der Waals surface area contributed by atoms with Crippen LogP contribution in [0, 0.1) is 0 Å². The molecule has 0 aliphatic carbocycles. The number of carboxylic acids is 1. The highest BCUT2D eigenvalue weighted by atomic mass is 32.2. The molecule has 1 atom stereocenters. The van der Waals surface area contributed by atoms with Crippen LogP contribution in [0.3, 0.4) is 0 Å². The number of thioether (sulfide) groups is 1. The van der Waals surface area contributed by atoms with Crippen LogP contribution in [0.2, 0.25) is 0 Å². The molecule has 2 aromatic heterocycles. The van der Waals surface area contributed by atoms with Crippen molar-refractivity contribution in [2.75, 3.05) is 10.6 Å². The molecule has 170 valence electrons. The first kappa shape index (κ1) is 23.0. The molecule has 7 nitrogen and oxygen atoms in total. The molecule has 4 rings (SSSR count). The molecule has 1 amide bonds. The minimum absolute atomic E-state index is 0.0161. The predicted molar refractivity (Wildman–Crippen MR) is 133 cm³/mol. The lowest BCUT2D eigenvalue weighted by Gasteiger charge is -2.15. The number of carbonyl (C=O) groups is 2. The van der Waals surface area contributed by atoms with E-state index >= 15 is 0 Å². The zero-order chi connectivity index (χ0) is 23.8. The molecule has 2 aromatic carbocycles. The van der Waals surface area contributed by atoms with Crippen molar-refractivity contribution in [2.24, 2.45) is 0 Å². The standard InChI is InChI=1S/C26H22N4O3S/c31-25(32)16-23(19-6-4-13-27-17-19)34-22-11-9-20(10-12-22)30-26(33)18-5-3-7-21(15-18)29-24-8-1-2-14-28-24/h1-15,17,23H,16H2,(H,28,29)(H,30,33)(H,31,32). The molecule has 1 unspecified atom stereocenters. The molecule has 0 fully saturated rings. The van der Waals surface area contributed by atoms with E-state index in [1.165, 1.54) is 11.8 Å². The second-order valence-electron chi connectivity index (χ2n) is 7.39. The average molecular weight is 471 g/mol. The van der Waals surface area contributed by atoms with Crippen molar-refractivity contribution in [1.82, 2.24) is 9.97 Å². The number of nitrogens with one attached hydrogen (secondary N) is 2. The number of hydrogen-bond acceptors (Lipinski definition) is 6. The van der Waals surface area contributed by atoms with E-state index < -0.39 is 5.97 Å². The monoisotopic (exact) mass is 470 g/mol. The Hall–Kier alpha value is -4.17. The van der Waals surface area contributed by atoms with Crippen LogP contribution < -0.4 is 10.6 Å². The van der Waals surface area contributed by atoms with Crippen LogP contribution in [0.25, 0.3) is 0 Å². The molecule has 0 spiro atoms. The number of carbonyl (C=O) groups excluding carboxylic acids is 1. The van der Waals surface area contributed by atoms with Crippen molar-refractivity contribution in [3.05, 3.63) is 109 Å². The SMILES string of the molecule is O=C(O)CC(Sc1ccc(NC(=O)c2cccc(Nc3ccccn3)c2)cc1)c1cccnc1.